The quantitative estimate of drug-likeness (QED) is 0.891. The minimum absolute atomic E-state index is 0.214. The maximum absolute atomic E-state index is 11.1. The summed E-state index contributed by atoms with van der Waals surface area (Å²) < 4.78 is 5.54. The lowest BCUT2D eigenvalue weighted by atomic mass is 9.62. The summed E-state index contributed by atoms with van der Waals surface area (Å²) in [4.78, 5) is 0. The number of hydrogen-bond donors (Lipinski definition) is 2. The average molecular weight is 275 g/mol. The average Bonchev–Trinajstić information content (AvgIpc) is 3.00. The molecule has 3 rings (SSSR count). The molecule has 20 heavy (non-hydrogen) atoms. The number of nitrogens with two attached hydrogens (primary N) is 1. The highest BCUT2D eigenvalue weighted by Gasteiger charge is 2.52. The first-order chi connectivity index (χ1) is 9.69. The molecule has 0 bridgehead atoms. The first-order valence-corrected chi connectivity index (χ1v) is 7.74. The van der Waals surface area contributed by atoms with Crippen LogP contribution in [0, 0.1) is 5.41 Å². The lowest BCUT2D eigenvalue weighted by Gasteiger charge is -2.47. The van der Waals surface area contributed by atoms with E-state index in [0.717, 1.165) is 38.7 Å². The SMILES string of the molecule is NCC1(C2(O)CCC(c3ccccc3)CC2)CCOC1. The highest BCUT2D eigenvalue weighted by molar-refractivity contribution is 5.21. The van der Waals surface area contributed by atoms with Crippen LogP contribution in [0.25, 0.3) is 0 Å². The van der Waals surface area contributed by atoms with E-state index in [2.05, 4.69) is 30.3 Å². The number of rotatable bonds is 3. The van der Waals surface area contributed by atoms with Crippen molar-refractivity contribution in [3.8, 4) is 0 Å². The normalized spacial score (nSPS) is 38.0. The fraction of sp³-hybridized carbons (Fsp3) is 0.647. The van der Waals surface area contributed by atoms with Crippen LogP contribution in [0.1, 0.15) is 43.6 Å². The molecule has 3 nitrogen and oxygen atoms in total. The predicted molar refractivity (Wildman–Crippen MR) is 79.5 cm³/mol. The lowest BCUT2D eigenvalue weighted by molar-refractivity contribution is -0.109. The molecular weight excluding hydrogens is 250 g/mol. The maximum Gasteiger partial charge on any atom is 0.0739 e. The van der Waals surface area contributed by atoms with E-state index in [1.165, 1.54) is 5.56 Å². The predicted octanol–water partition coefficient (Wildman–Crippen LogP) is 2.44. The minimum Gasteiger partial charge on any atom is -0.389 e. The summed E-state index contributed by atoms with van der Waals surface area (Å²) in [7, 11) is 0. The molecule has 0 spiro atoms. The van der Waals surface area contributed by atoms with Gasteiger partial charge in [0.15, 0.2) is 0 Å². The molecule has 1 aromatic rings. The lowest BCUT2D eigenvalue weighted by Crippen LogP contribution is -2.54. The molecule has 1 saturated heterocycles. The molecule has 1 saturated carbocycles. The molecule has 0 amide bonds. The molecule has 1 aliphatic heterocycles. The minimum atomic E-state index is -0.635. The third kappa shape index (κ3) is 2.28. The molecule has 110 valence electrons. The molecule has 2 fully saturated rings. The molecule has 3 N–H and O–H groups in total. The van der Waals surface area contributed by atoms with Crippen LogP contribution in [0.3, 0.4) is 0 Å². The summed E-state index contributed by atoms with van der Waals surface area (Å²) in [5, 5.41) is 11.1. The van der Waals surface area contributed by atoms with Crippen molar-refractivity contribution in [2.45, 2.75) is 43.6 Å². The van der Waals surface area contributed by atoms with Gasteiger partial charge in [0.1, 0.15) is 0 Å². The fourth-order valence-corrected chi connectivity index (χ4v) is 4.01. The Balaban J connectivity index is 1.71. The monoisotopic (exact) mass is 275 g/mol. The van der Waals surface area contributed by atoms with Crippen molar-refractivity contribution >= 4 is 0 Å². The first kappa shape index (κ1) is 14.1. The molecule has 1 heterocycles. The van der Waals surface area contributed by atoms with E-state index >= 15 is 0 Å². The van der Waals surface area contributed by atoms with Gasteiger partial charge in [0.2, 0.25) is 0 Å². The van der Waals surface area contributed by atoms with E-state index in [0.29, 0.717) is 19.1 Å². The van der Waals surface area contributed by atoms with E-state index in [4.69, 9.17) is 10.5 Å². The Morgan fingerprint density at radius 1 is 1.15 bits per heavy atom. The number of ether oxygens (including phenoxy) is 1. The maximum atomic E-state index is 11.1. The topological polar surface area (TPSA) is 55.5 Å². The Kier molecular flexibility index (Phi) is 3.85. The summed E-state index contributed by atoms with van der Waals surface area (Å²) in [6.07, 6.45) is 4.67. The van der Waals surface area contributed by atoms with Crippen molar-refractivity contribution in [3.05, 3.63) is 35.9 Å². The van der Waals surface area contributed by atoms with Gasteiger partial charge in [-0.3, -0.25) is 0 Å². The van der Waals surface area contributed by atoms with Gasteiger partial charge in [0, 0.05) is 18.6 Å². The van der Waals surface area contributed by atoms with Crippen LogP contribution >= 0.6 is 0 Å². The number of hydrogen-bond acceptors (Lipinski definition) is 3. The van der Waals surface area contributed by atoms with Crippen molar-refractivity contribution in [2.24, 2.45) is 11.1 Å². The van der Waals surface area contributed by atoms with E-state index in [-0.39, 0.29) is 5.41 Å². The van der Waals surface area contributed by atoms with Crippen molar-refractivity contribution in [1.82, 2.24) is 0 Å². The zero-order valence-electron chi connectivity index (χ0n) is 12.1. The summed E-state index contributed by atoms with van der Waals surface area (Å²) in [6.45, 7) is 1.89. The van der Waals surface area contributed by atoms with Gasteiger partial charge >= 0.3 is 0 Å². The molecule has 1 unspecified atom stereocenters. The van der Waals surface area contributed by atoms with Gasteiger partial charge in [-0.15, -0.1) is 0 Å². The Labute approximate surface area is 121 Å². The first-order valence-electron chi connectivity index (χ1n) is 7.74. The summed E-state index contributed by atoms with van der Waals surface area (Å²) in [5.41, 5.74) is 6.54. The van der Waals surface area contributed by atoms with E-state index in [9.17, 15) is 5.11 Å². The highest BCUT2D eigenvalue weighted by atomic mass is 16.5. The standard InChI is InChI=1S/C17H25NO2/c18-12-16(10-11-20-13-16)17(19)8-6-15(7-9-17)14-4-2-1-3-5-14/h1-5,15,19H,6-13,18H2. The largest absolute Gasteiger partial charge is 0.389 e. The van der Waals surface area contributed by atoms with Crippen molar-refractivity contribution in [2.75, 3.05) is 19.8 Å². The second-order valence-corrected chi connectivity index (χ2v) is 6.50. The smallest absolute Gasteiger partial charge is 0.0739 e. The van der Waals surface area contributed by atoms with Crippen molar-refractivity contribution < 1.29 is 9.84 Å². The zero-order valence-corrected chi connectivity index (χ0v) is 12.1. The third-order valence-electron chi connectivity index (χ3n) is 5.56. The summed E-state index contributed by atoms with van der Waals surface area (Å²) in [6, 6.07) is 10.7. The Hall–Kier alpha value is -0.900. The van der Waals surface area contributed by atoms with Crippen LogP contribution < -0.4 is 5.73 Å². The summed E-state index contributed by atoms with van der Waals surface area (Å²) >= 11 is 0. The molecule has 0 aromatic heterocycles. The number of aliphatic hydroxyl groups is 1. The Morgan fingerprint density at radius 2 is 1.85 bits per heavy atom. The highest BCUT2D eigenvalue weighted by Crippen LogP contribution is 2.49. The van der Waals surface area contributed by atoms with Crippen LogP contribution in [0.2, 0.25) is 0 Å². The third-order valence-corrected chi connectivity index (χ3v) is 5.56. The van der Waals surface area contributed by atoms with Crippen LogP contribution in [-0.4, -0.2) is 30.5 Å². The van der Waals surface area contributed by atoms with Gasteiger partial charge in [0.05, 0.1) is 12.2 Å². The van der Waals surface area contributed by atoms with Crippen molar-refractivity contribution in [3.63, 3.8) is 0 Å². The van der Waals surface area contributed by atoms with Crippen LogP contribution in [0.15, 0.2) is 30.3 Å². The van der Waals surface area contributed by atoms with Crippen LogP contribution in [-0.2, 0) is 4.74 Å². The van der Waals surface area contributed by atoms with Gasteiger partial charge in [0.25, 0.3) is 0 Å². The molecule has 0 radical (unpaired) electrons. The molecule has 1 aromatic carbocycles. The van der Waals surface area contributed by atoms with Crippen LogP contribution in [0.5, 0.6) is 0 Å². The molecular formula is C17H25NO2. The molecule has 1 aliphatic carbocycles. The van der Waals surface area contributed by atoms with Crippen LogP contribution in [0.4, 0.5) is 0 Å². The Morgan fingerprint density at radius 3 is 2.40 bits per heavy atom. The molecule has 1 atom stereocenters. The fourth-order valence-electron chi connectivity index (χ4n) is 4.01. The van der Waals surface area contributed by atoms with Gasteiger partial charge in [-0.2, -0.15) is 0 Å². The van der Waals surface area contributed by atoms with Gasteiger partial charge in [-0.05, 0) is 43.6 Å². The van der Waals surface area contributed by atoms with E-state index < -0.39 is 5.60 Å². The van der Waals surface area contributed by atoms with Crippen molar-refractivity contribution in [1.29, 1.82) is 0 Å². The van der Waals surface area contributed by atoms with E-state index in [1.807, 2.05) is 0 Å². The summed E-state index contributed by atoms with van der Waals surface area (Å²) in [5.74, 6) is 0.577. The molecule has 2 aliphatic rings. The zero-order chi connectivity index (χ0) is 14.1. The Bertz CT molecular complexity index is 432. The second kappa shape index (κ2) is 5.47. The second-order valence-electron chi connectivity index (χ2n) is 6.50. The van der Waals surface area contributed by atoms with Gasteiger partial charge < -0.3 is 15.6 Å². The van der Waals surface area contributed by atoms with Gasteiger partial charge in [-0.1, -0.05) is 30.3 Å². The van der Waals surface area contributed by atoms with Gasteiger partial charge in [-0.25, -0.2) is 0 Å². The molecule has 3 heteroatoms. The number of benzene rings is 1. The van der Waals surface area contributed by atoms with E-state index in [1.54, 1.807) is 0 Å².